The van der Waals surface area contributed by atoms with Gasteiger partial charge in [-0.15, -0.1) is 0 Å². The molecule has 4 heterocycles. The molecule has 2 aliphatic rings. The van der Waals surface area contributed by atoms with Crippen molar-refractivity contribution in [2.45, 2.75) is 37.5 Å². The molecule has 0 aromatic carbocycles. The molecule has 1 saturated heterocycles. The van der Waals surface area contributed by atoms with Gasteiger partial charge in [-0.2, -0.15) is 9.61 Å². The number of nitrogens with one attached hydrogen (secondary N) is 3. The number of methoxy groups -OCH3 is 1. The fourth-order valence-corrected chi connectivity index (χ4v) is 4.17. The fourth-order valence-electron chi connectivity index (χ4n) is 4.17. The molecular weight excluding hydrogens is 426 g/mol. The number of pyridine rings is 1. The largest absolute Gasteiger partial charge is 0.379 e. The third-order valence-electron chi connectivity index (χ3n) is 6.09. The molecule has 174 valence electrons. The maximum Gasteiger partial charge on any atom is 0.274 e. The number of hydrogen-bond acceptors (Lipinski definition) is 8. The van der Waals surface area contributed by atoms with Crippen LogP contribution in [0.4, 0.5) is 17.3 Å². The quantitative estimate of drug-likeness (QED) is 0.492. The van der Waals surface area contributed by atoms with Crippen molar-refractivity contribution in [2.75, 3.05) is 38.0 Å². The highest BCUT2D eigenvalue weighted by Gasteiger charge is 2.39. The minimum absolute atomic E-state index is 0.00548. The number of carbonyl (C=O) groups is 1. The van der Waals surface area contributed by atoms with Gasteiger partial charge in [0, 0.05) is 33.0 Å². The summed E-state index contributed by atoms with van der Waals surface area (Å²) in [7, 11) is 3.38. The van der Waals surface area contributed by atoms with Crippen LogP contribution >= 0.6 is 0 Å². The zero-order valence-electron chi connectivity index (χ0n) is 18.6. The van der Waals surface area contributed by atoms with E-state index in [1.165, 1.54) is 6.20 Å². The highest BCUT2D eigenvalue weighted by molar-refractivity contribution is 6.00. The summed E-state index contributed by atoms with van der Waals surface area (Å²) in [5, 5.41) is 13.4. The van der Waals surface area contributed by atoms with Gasteiger partial charge in [-0.25, -0.2) is 4.98 Å². The zero-order valence-corrected chi connectivity index (χ0v) is 18.6. The van der Waals surface area contributed by atoms with Crippen LogP contribution in [0.25, 0.3) is 5.65 Å². The monoisotopic (exact) mass is 453 g/mol. The maximum atomic E-state index is 13.1. The van der Waals surface area contributed by atoms with Gasteiger partial charge in [0.1, 0.15) is 22.9 Å². The van der Waals surface area contributed by atoms with E-state index in [0.717, 1.165) is 25.9 Å². The van der Waals surface area contributed by atoms with Crippen molar-refractivity contribution in [3.8, 4) is 0 Å². The van der Waals surface area contributed by atoms with Crippen LogP contribution in [0.3, 0.4) is 0 Å². The zero-order chi connectivity index (χ0) is 22.9. The average Bonchev–Trinajstić information content (AvgIpc) is 3.45. The second-order valence-electron chi connectivity index (χ2n) is 8.29. The third-order valence-corrected chi connectivity index (χ3v) is 6.09. The number of amides is 1. The minimum atomic E-state index is -0.263. The predicted octanol–water partition coefficient (Wildman–Crippen LogP) is 1.54. The van der Waals surface area contributed by atoms with Gasteiger partial charge >= 0.3 is 0 Å². The molecule has 2 fully saturated rings. The van der Waals surface area contributed by atoms with Gasteiger partial charge < -0.3 is 30.0 Å². The van der Waals surface area contributed by atoms with Crippen molar-refractivity contribution in [3.05, 3.63) is 46.5 Å². The van der Waals surface area contributed by atoms with Gasteiger partial charge in [-0.05, 0) is 31.4 Å². The number of aromatic nitrogens is 4. The average molecular weight is 454 g/mol. The van der Waals surface area contributed by atoms with E-state index < -0.39 is 0 Å². The van der Waals surface area contributed by atoms with Crippen molar-refractivity contribution in [2.24, 2.45) is 0 Å². The van der Waals surface area contributed by atoms with Crippen LogP contribution in [0.2, 0.25) is 0 Å². The van der Waals surface area contributed by atoms with Crippen molar-refractivity contribution in [3.63, 3.8) is 0 Å². The Balaban J connectivity index is 1.45. The third kappa shape index (κ3) is 4.16. The lowest BCUT2D eigenvalue weighted by atomic mass is 10.1. The summed E-state index contributed by atoms with van der Waals surface area (Å²) in [5.41, 5.74) is 0.982. The fraction of sp³-hybridized carbons (Fsp3) is 0.455. The molecule has 5 rings (SSSR count). The van der Waals surface area contributed by atoms with Crippen LogP contribution in [0.15, 0.2) is 35.4 Å². The molecule has 11 heteroatoms. The Hall–Kier alpha value is -3.44. The Morgan fingerprint density at radius 1 is 1.36 bits per heavy atom. The van der Waals surface area contributed by atoms with Gasteiger partial charge in [0.25, 0.3) is 11.5 Å². The van der Waals surface area contributed by atoms with Gasteiger partial charge in [0.15, 0.2) is 5.65 Å². The number of nitrogens with zero attached hydrogens (tertiary/aromatic N) is 4. The van der Waals surface area contributed by atoms with Gasteiger partial charge in [0.2, 0.25) is 0 Å². The standard InChI is InChI=1S/C22H27N7O4/c1-23-19-10-18(25-15-6-3-7-28(22(15)31)13-5-4-8-33-12-13)27-20-14(11-24-29(19)20)21(30)26-16-9-17(16)32-2/h3,6-7,10-11,13,16-17,23H,4-5,8-9,12H2,1-2H3,(H,25,27)(H,26,30)/t13-,16?,17-/m0/s1. The second-order valence-corrected chi connectivity index (χ2v) is 8.29. The smallest absolute Gasteiger partial charge is 0.274 e. The summed E-state index contributed by atoms with van der Waals surface area (Å²) < 4.78 is 14.1. The van der Waals surface area contributed by atoms with E-state index in [-0.39, 0.29) is 29.7 Å². The van der Waals surface area contributed by atoms with Crippen LogP contribution in [0.1, 0.15) is 35.7 Å². The van der Waals surface area contributed by atoms with E-state index in [2.05, 4.69) is 26.0 Å². The number of ether oxygens (including phenoxy) is 2. The molecule has 0 bridgehead atoms. The van der Waals surface area contributed by atoms with E-state index in [1.807, 2.05) is 6.07 Å². The molecular formula is C22H27N7O4. The Labute approximate surface area is 190 Å². The number of carbonyl (C=O) groups excluding carboxylic acids is 1. The molecule has 1 aliphatic heterocycles. The highest BCUT2D eigenvalue weighted by Crippen LogP contribution is 2.26. The Bertz CT molecular complexity index is 1230. The Kier molecular flexibility index (Phi) is 5.73. The molecule has 3 aromatic rings. The first-order valence-corrected chi connectivity index (χ1v) is 11.0. The summed E-state index contributed by atoms with van der Waals surface area (Å²) in [6, 6.07) is 5.29. The number of hydrogen-bond donors (Lipinski definition) is 3. The number of rotatable bonds is 7. The normalized spacial score (nSPS) is 22.2. The lowest BCUT2D eigenvalue weighted by molar-refractivity contribution is 0.0581. The summed E-state index contributed by atoms with van der Waals surface area (Å²) >= 11 is 0. The highest BCUT2D eigenvalue weighted by atomic mass is 16.5. The first-order valence-electron chi connectivity index (χ1n) is 11.0. The first-order chi connectivity index (χ1) is 16.1. The molecule has 33 heavy (non-hydrogen) atoms. The molecule has 1 unspecified atom stereocenters. The van der Waals surface area contributed by atoms with Crippen LogP contribution < -0.4 is 21.5 Å². The van der Waals surface area contributed by atoms with E-state index in [4.69, 9.17) is 9.47 Å². The van der Waals surface area contributed by atoms with Crippen LogP contribution in [0.5, 0.6) is 0 Å². The van der Waals surface area contributed by atoms with Crippen molar-refractivity contribution in [1.29, 1.82) is 0 Å². The van der Waals surface area contributed by atoms with E-state index in [0.29, 0.717) is 35.1 Å². The predicted molar refractivity (Wildman–Crippen MR) is 122 cm³/mol. The summed E-state index contributed by atoms with van der Waals surface area (Å²) in [6.07, 6.45) is 5.94. The molecule has 1 amide bonds. The second kappa shape index (κ2) is 8.83. The Morgan fingerprint density at radius 3 is 2.97 bits per heavy atom. The maximum absolute atomic E-state index is 13.1. The van der Waals surface area contributed by atoms with Gasteiger partial charge in [-0.3, -0.25) is 9.59 Å². The number of fused-ring (bicyclic) bond motifs is 1. The molecule has 3 aromatic heterocycles. The Morgan fingerprint density at radius 2 is 2.24 bits per heavy atom. The molecule has 3 atom stereocenters. The summed E-state index contributed by atoms with van der Waals surface area (Å²) in [5.74, 6) is 0.789. The van der Waals surface area contributed by atoms with E-state index in [9.17, 15) is 9.59 Å². The molecule has 0 spiro atoms. The molecule has 1 aliphatic carbocycles. The molecule has 11 nitrogen and oxygen atoms in total. The minimum Gasteiger partial charge on any atom is -0.379 e. The van der Waals surface area contributed by atoms with Gasteiger partial charge in [0.05, 0.1) is 31.0 Å². The van der Waals surface area contributed by atoms with Crippen LogP contribution in [0, 0.1) is 0 Å². The van der Waals surface area contributed by atoms with Crippen molar-refractivity contribution >= 4 is 28.9 Å². The van der Waals surface area contributed by atoms with Crippen LogP contribution in [-0.2, 0) is 9.47 Å². The molecule has 0 radical (unpaired) electrons. The van der Waals surface area contributed by atoms with Crippen molar-refractivity contribution < 1.29 is 14.3 Å². The van der Waals surface area contributed by atoms with Crippen LogP contribution in [-0.4, -0.2) is 64.6 Å². The molecule has 1 saturated carbocycles. The van der Waals surface area contributed by atoms with E-state index in [1.54, 1.807) is 41.6 Å². The lowest BCUT2D eigenvalue weighted by Gasteiger charge is -2.24. The summed E-state index contributed by atoms with van der Waals surface area (Å²) in [4.78, 5) is 30.5. The SMILES string of the molecule is CNc1cc(Nc2cccn([C@H]3CCCOC3)c2=O)nc2c(C(=O)NC3C[C@@H]3OC)cnn12. The lowest BCUT2D eigenvalue weighted by Crippen LogP contribution is -2.31. The first kappa shape index (κ1) is 21.4. The van der Waals surface area contributed by atoms with Gasteiger partial charge in [-0.1, -0.05) is 0 Å². The number of anilines is 3. The van der Waals surface area contributed by atoms with E-state index >= 15 is 0 Å². The van der Waals surface area contributed by atoms with Crippen molar-refractivity contribution in [1.82, 2.24) is 24.5 Å². The topological polar surface area (TPSA) is 124 Å². The molecule has 3 N–H and O–H groups in total. The summed E-state index contributed by atoms with van der Waals surface area (Å²) in [6.45, 7) is 1.25.